The van der Waals surface area contributed by atoms with E-state index < -0.39 is 28.3 Å². The summed E-state index contributed by atoms with van der Waals surface area (Å²) in [5, 5.41) is 13.6. The van der Waals surface area contributed by atoms with E-state index in [1.54, 1.807) is 4.90 Å². The number of likely N-dealkylation sites (tertiary alicyclic amines) is 1. The Balaban J connectivity index is 1.83. The molecule has 7 nitrogen and oxygen atoms in total. The predicted molar refractivity (Wildman–Crippen MR) is 96.9 cm³/mol. The standard InChI is InChI=1S/C17H20F3N3O4S/c18-17(19,20)12-4-5-14(13(10-12)23(26)27)28-11-15(24)21-7-6-16(25)22-8-2-1-3-9-22/h4-5,10H,1-3,6-9,11H2,(H,21,24). The highest BCUT2D eigenvalue weighted by molar-refractivity contribution is 8.00. The van der Waals surface area contributed by atoms with Gasteiger partial charge in [0.05, 0.1) is 21.1 Å². The van der Waals surface area contributed by atoms with Gasteiger partial charge in [0.2, 0.25) is 11.8 Å². The SMILES string of the molecule is O=C(CSc1ccc(C(F)(F)F)cc1[N+](=O)[O-])NCCC(=O)N1CCCCC1. The summed E-state index contributed by atoms with van der Waals surface area (Å²) in [7, 11) is 0. The summed E-state index contributed by atoms with van der Waals surface area (Å²) in [4.78, 5) is 35.7. The van der Waals surface area contributed by atoms with Crippen LogP contribution in [0, 0.1) is 10.1 Å². The van der Waals surface area contributed by atoms with Gasteiger partial charge in [-0.1, -0.05) is 0 Å². The molecule has 2 amide bonds. The third-order valence-electron chi connectivity index (χ3n) is 4.21. The molecule has 28 heavy (non-hydrogen) atoms. The number of halogens is 3. The van der Waals surface area contributed by atoms with Crippen LogP contribution in [0.2, 0.25) is 0 Å². The van der Waals surface area contributed by atoms with Crippen LogP contribution in [0.25, 0.3) is 0 Å². The summed E-state index contributed by atoms with van der Waals surface area (Å²) in [6.45, 7) is 1.59. The summed E-state index contributed by atoms with van der Waals surface area (Å²) < 4.78 is 38.1. The van der Waals surface area contributed by atoms with E-state index in [2.05, 4.69) is 5.32 Å². The number of nitro benzene ring substituents is 1. The van der Waals surface area contributed by atoms with E-state index in [4.69, 9.17) is 0 Å². The maximum atomic E-state index is 12.7. The molecule has 0 spiro atoms. The molecular formula is C17H20F3N3O4S. The Kier molecular flexibility index (Phi) is 7.67. The number of benzene rings is 1. The Bertz CT molecular complexity index is 737. The van der Waals surface area contributed by atoms with Crippen LogP contribution in [0.15, 0.2) is 23.1 Å². The second-order valence-corrected chi connectivity index (χ2v) is 7.28. The van der Waals surface area contributed by atoms with Crippen molar-refractivity contribution in [2.75, 3.05) is 25.4 Å². The molecule has 1 N–H and O–H groups in total. The molecule has 1 aromatic carbocycles. The van der Waals surface area contributed by atoms with Crippen molar-refractivity contribution >= 4 is 29.3 Å². The van der Waals surface area contributed by atoms with Crippen molar-refractivity contribution in [3.05, 3.63) is 33.9 Å². The highest BCUT2D eigenvalue weighted by Crippen LogP contribution is 2.36. The van der Waals surface area contributed by atoms with Gasteiger partial charge in [-0.3, -0.25) is 19.7 Å². The van der Waals surface area contributed by atoms with Gasteiger partial charge in [-0.05, 0) is 31.4 Å². The van der Waals surface area contributed by atoms with E-state index >= 15 is 0 Å². The maximum Gasteiger partial charge on any atom is 0.416 e. The van der Waals surface area contributed by atoms with Gasteiger partial charge in [-0.25, -0.2) is 0 Å². The van der Waals surface area contributed by atoms with Crippen molar-refractivity contribution < 1.29 is 27.7 Å². The first-order chi connectivity index (χ1) is 13.2. The van der Waals surface area contributed by atoms with Gasteiger partial charge in [-0.15, -0.1) is 11.8 Å². The first-order valence-corrected chi connectivity index (χ1v) is 9.70. The molecule has 0 radical (unpaired) electrons. The molecule has 2 rings (SSSR count). The van der Waals surface area contributed by atoms with E-state index in [9.17, 15) is 32.9 Å². The van der Waals surface area contributed by atoms with Gasteiger partial charge in [-0.2, -0.15) is 13.2 Å². The number of carbonyl (C=O) groups is 2. The molecule has 0 aliphatic carbocycles. The number of nitro groups is 1. The minimum absolute atomic E-state index is 0.0301. The van der Waals surface area contributed by atoms with Crippen LogP contribution in [0.4, 0.5) is 18.9 Å². The van der Waals surface area contributed by atoms with E-state index in [-0.39, 0.29) is 29.5 Å². The number of alkyl halides is 3. The van der Waals surface area contributed by atoms with Crippen LogP contribution in [-0.4, -0.2) is 47.0 Å². The third-order valence-corrected chi connectivity index (χ3v) is 5.27. The summed E-state index contributed by atoms with van der Waals surface area (Å²) in [6.07, 6.45) is -1.47. The highest BCUT2D eigenvalue weighted by atomic mass is 32.2. The monoisotopic (exact) mass is 419 g/mol. The number of rotatable bonds is 7. The van der Waals surface area contributed by atoms with Crippen molar-refractivity contribution in [3.63, 3.8) is 0 Å². The molecule has 1 aromatic rings. The Morgan fingerprint density at radius 2 is 1.89 bits per heavy atom. The third kappa shape index (κ3) is 6.39. The average molecular weight is 419 g/mol. The maximum absolute atomic E-state index is 12.7. The van der Waals surface area contributed by atoms with E-state index in [0.717, 1.165) is 56.2 Å². The second-order valence-electron chi connectivity index (χ2n) is 6.27. The molecule has 1 heterocycles. The highest BCUT2D eigenvalue weighted by Gasteiger charge is 2.33. The number of nitrogens with zero attached hydrogens (tertiary/aromatic N) is 2. The quantitative estimate of drug-likeness (QED) is 0.416. The minimum Gasteiger partial charge on any atom is -0.355 e. The fraction of sp³-hybridized carbons (Fsp3) is 0.529. The van der Waals surface area contributed by atoms with Crippen molar-refractivity contribution in [1.29, 1.82) is 0 Å². The largest absolute Gasteiger partial charge is 0.416 e. The fourth-order valence-corrected chi connectivity index (χ4v) is 3.60. The minimum atomic E-state index is -4.69. The molecule has 0 bridgehead atoms. The Labute approximate surface area is 163 Å². The number of piperidine rings is 1. The van der Waals surface area contributed by atoms with Crippen molar-refractivity contribution in [2.45, 2.75) is 36.8 Å². The number of thioether (sulfide) groups is 1. The van der Waals surface area contributed by atoms with Crippen molar-refractivity contribution in [2.24, 2.45) is 0 Å². The van der Waals surface area contributed by atoms with E-state index in [1.807, 2.05) is 0 Å². The zero-order valence-electron chi connectivity index (χ0n) is 15.0. The van der Waals surface area contributed by atoms with Crippen molar-refractivity contribution in [1.82, 2.24) is 10.2 Å². The van der Waals surface area contributed by atoms with Gasteiger partial charge in [0.1, 0.15) is 0 Å². The molecule has 0 saturated carbocycles. The number of hydrogen-bond acceptors (Lipinski definition) is 5. The van der Waals surface area contributed by atoms with Crippen LogP contribution in [0.3, 0.4) is 0 Å². The van der Waals surface area contributed by atoms with Crippen LogP contribution in [-0.2, 0) is 15.8 Å². The lowest BCUT2D eigenvalue weighted by Crippen LogP contribution is -2.38. The van der Waals surface area contributed by atoms with Gasteiger partial charge in [0.15, 0.2) is 0 Å². The molecule has 1 aliphatic heterocycles. The average Bonchev–Trinajstić information content (AvgIpc) is 2.66. The van der Waals surface area contributed by atoms with Crippen molar-refractivity contribution in [3.8, 4) is 0 Å². The van der Waals surface area contributed by atoms with E-state index in [0.29, 0.717) is 6.07 Å². The lowest BCUT2D eigenvalue weighted by molar-refractivity contribution is -0.388. The zero-order chi connectivity index (χ0) is 20.7. The second kappa shape index (κ2) is 9.76. The smallest absolute Gasteiger partial charge is 0.355 e. The Morgan fingerprint density at radius 1 is 1.21 bits per heavy atom. The zero-order valence-corrected chi connectivity index (χ0v) is 15.8. The van der Waals surface area contributed by atoms with Gasteiger partial charge >= 0.3 is 6.18 Å². The molecule has 1 fully saturated rings. The van der Waals surface area contributed by atoms with Gasteiger partial charge in [0.25, 0.3) is 5.69 Å². The lowest BCUT2D eigenvalue weighted by Gasteiger charge is -2.26. The Hall–Kier alpha value is -2.30. The van der Waals surface area contributed by atoms with Crippen LogP contribution >= 0.6 is 11.8 Å². The molecule has 1 saturated heterocycles. The molecular weight excluding hydrogens is 399 g/mol. The number of carbonyl (C=O) groups excluding carboxylic acids is 2. The number of hydrogen-bond donors (Lipinski definition) is 1. The van der Waals surface area contributed by atoms with E-state index in [1.165, 1.54) is 0 Å². The van der Waals surface area contributed by atoms with Gasteiger partial charge in [0, 0.05) is 32.1 Å². The van der Waals surface area contributed by atoms with Crippen LogP contribution in [0.1, 0.15) is 31.2 Å². The first kappa shape index (κ1) is 22.0. The lowest BCUT2D eigenvalue weighted by atomic mass is 10.1. The molecule has 0 aromatic heterocycles. The topological polar surface area (TPSA) is 92.5 Å². The molecule has 154 valence electrons. The van der Waals surface area contributed by atoms with Crippen LogP contribution < -0.4 is 5.32 Å². The normalized spacial score (nSPS) is 14.6. The summed E-state index contributed by atoms with van der Waals surface area (Å²) in [5.41, 5.74) is -1.82. The summed E-state index contributed by atoms with van der Waals surface area (Å²) >= 11 is 0.773. The molecule has 1 aliphatic rings. The molecule has 0 unspecified atom stereocenters. The fourth-order valence-electron chi connectivity index (χ4n) is 2.76. The Morgan fingerprint density at radius 3 is 2.50 bits per heavy atom. The summed E-state index contributed by atoms with van der Waals surface area (Å²) in [6, 6.07) is 2.18. The predicted octanol–water partition coefficient (Wildman–Crippen LogP) is 3.22. The number of amides is 2. The summed E-state index contributed by atoms with van der Waals surface area (Å²) in [5.74, 6) is -0.693. The number of nitrogens with one attached hydrogen (secondary N) is 1. The molecule has 11 heteroatoms. The van der Waals surface area contributed by atoms with Crippen LogP contribution in [0.5, 0.6) is 0 Å². The van der Waals surface area contributed by atoms with Gasteiger partial charge < -0.3 is 10.2 Å². The first-order valence-electron chi connectivity index (χ1n) is 8.71. The molecule has 0 atom stereocenters.